The van der Waals surface area contributed by atoms with Gasteiger partial charge in [0, 0.05) is 33.4 Å². The molecule has 0 fully saturated rings. The predicted molar refractivity (Wildman–Crippen MR) is 236 cm³/mol. The number of nitrogens with zero attached hydrogens (tertiary/aromatic N) is 3. The highest BCUT2D eigenvalue weighted by Crippen LogP contribution is 2.44. The first-order chi connectivity index (χ1) is 28.7. The summed E-state index contributed by atoms with van der Waals surface area (Å²) in [5.41, 5.74) is 16.0. The highest BCUT2D eigenvalue weighted by Gasteiger charge is 2.24. The molecule has 10 aromatic rings. The van der Waals surface area contributed by atoms with Gasteiger partial charge < -0.3 is 4.42 Å². The van der Waals surface area contributed by atoms with Gasteiger partial charge in [-0.2, -0.15) is 0 Å². The largest absolute Gasteiger partial charge is 0.456 e. The number of hydrogen-bond donors (Lipinski definition) is 0. The van der Waals surface area contributed by atoms with E-state index in [9.17, 15) is 0 Å². The van der Waals surface area contributed by atoms with Crippen molar-refractivity contribution in [2.24, 2.45) is 0 Å². The minimum atomic E-state index is 0.342. The van der Waals surface area contributed by atoms with Gasteiger partial charge in [0.25, 0.3) is 0 Å². The van der Waals surface area contributed by atoms with Gasteiger partial charge in [0.05, 0.1) is 0 Å². The number of aryl methyl sites for hydroxylation is 1. The van der Waals surface area contributed by atoms with Crippen molar-refractivity contribution in [1.29, 1.82) is 0 Å². The van der Waals surface area contributed by atoms with E-state index in [2.05, 4.69) is 133 Å². The van der Waals surface area contributed by atoms with Crippen molar-refractivity contribution in [2.75, 3.05) is 0 Å². The average Bonchev–Trinajstić information content (AvgIpc) is 3.60. The predicted octanol–water partition coefficient (Wildman–Crippen LogP) is 13.9. The van der Waals surface area contributed by atoms with Crippen molar-refractivity contribution in [3.63, 3.8) is 0 Å². The molecule has 8 aromatic carbocycles. The van der Waals surface area contributed by atoms with Crippen molar-refractivity contribution in [1.82, 2.24) is 15.0 Å². The van der Waals surface area contributed by atoms with E-state index in [0.29, 0.717) is 23.4 Å². The Kier molecular flexibility index (Phi) is 8.32. The van der Waals surface area contributed by atoms with Crippen molar-refractivity contribution in [3.05, 3.63) is 211 Å². The van der Waals surface area contributed by atoms with Gasteiger partial charge in [0.15, 0.2) is 17.5 Å². The first kappa shape index (κ1) is 33.9. The fourth-order valence-corrected chi connectivity index (χ4v) is 8.74. The maximum Gasteiger partial charge on any atom is 0.164 e. The van der Waals surface area contributed by atoms with Gasteiger partial charge in [-0.15, -0.1) is 0 Å². The van der Waals surface area contributed by atoms with E-state index in [-0.39, 0.29) is 0 Å². The summed E-state index contributed by atoms with van der Waals surface area (Å²) in [6.07, 6.45) is 2.14. The molecule has 58 heavy (non-hydrogen) atoms. The Morgan fingerprint density at radius 1 is 0.397 bits per heavy atom. The Morgan fingerprint density at radius 2 is 0.948 bits per heavy atom. The highest BCUT2D eigenvalue weighted by atomic mass is 16.3. The molecule has 4 nitrogen and oxygen atoms in total. The second-order valence-corrected chi connectivity index (χ2v) is 15.1. The molecule has 0 amide bonds. The maximum atomic E-state index is 6.50. The molecule has 0 aliphatic heterocycles. The summed E-state index contributed by atoms with van der Waals surface area (Å²) < 4.78 is 6.50. The quantitative estimate of drug-likeness (QED) is 0.170. The molecular formula is C54H37N3O. The average molecular weight is 744 g/mol. The summed E-state index contributed by atoms with van der Waals surface area (Å²) in [5.74, 6) is 2.27. The van der Waals surface area contributed by atoms with Crippen LogP contribution in [-0.4, -0.2) is 15.0 Å². The van der Waals surface area contributed by atoms with E-state index in [4.69, 9.17) is 19.4 Å². The van der Waals surface area contributed by atoms with E-state index < -0.39 is 0 Å². The molecule has 274 valence electrons. The Labute approximate surface area is 337 Å². The third kappa shape index (κ3) is 6.07. The van der Waals surface area contributed by atoms with Gasteiger partial charge >= 0.3 is 0 Å². The highest BCUT2D eigenvalue weighted by molar-refractivity contribution is 6.13. The number of aromatic nitrogens is 3. The minimum Gasteiger partial charge on any atom is -0.456 e. The lowest BCUT2D eigenvalue weighted by Crippen LogP contribution is -2.02. The van der Waals surface area contributed by atoms with E-state index in [1.165, 1.54) is 38.9 Å². The fourth-order valence-electron chi connectivity index (χ4n) is 8.74. The van der Waals surface area contributed by atoms with E-state index >= 15 is 0 Å². The molecule has 0 radical (unpaired) electrons. The van der Waals surface area contributed by atoms with Gasteiger partial charge in [0.2, 0.25) is 0 Å². The van der Waals surface area contributed by atoms with Crippen LogP contribution in [0.25, 0.3) is 89.5 Å². The number of fused-ring (bicyclic) bond motifs is 6. The molecule has 0 saturated carbocycles. The van der Waals surface area contributed by atoms with Gasteiger partial charge in [-0.1, -0.05) is 170 Å². The third-order valence-electron chi connectivity index (χ3n) is 11.6. The molecule has 11 rings (SSSR count). The van der Waals surface area contributed by atoms with Gasteiger partial charge in [-0.25, -0.2) is 15.0 Å². The number of benzene rings is 8. The number of rotatable bonds is 6. The summed E-state index contributed by atoms with van der Waals surface area (Å²) in [5, 5.41) is 2.20. The molecule has 0 spiro atoms. The SMILES string of the molecule is c1ccc(-c2nc(-c3ccccc3)nc(-c3ccc(-c4cccc5oc6ccc(-c7ccc8c(c7)-c7ccccc7CCC8c7ccccc7)cc6c45)cc3)n2)cc1. The third-order valence-corrected chi connectivity index (χ3v) is 11.6. The van der Waals surface area contributed by atoms with Crippen LogP contribution in [0.15, 0.2) is 199 Å². The second kappa shape index (κ2) is 14.3. The van der Waals surface area contributed by atoms with Crippen LogP contribution in [-0.2, 0) is 6.42 Å². The van der Waals surface area contributed by atoms with Crippen LogP contribution in [0.3, 0.4) is 0 Å². The Bertz CT molecular complexity index is 3040. The van der Waals surface area contributed by atoms with Crippen molar-refractivity contribution in [2.45, 2.75) is 18.8 Å². The molecule has 2 heterocycles. The smallest absolute Gasteiger partial charge is 0.164 e. The topological polar surface area (TPSA) is 51.8 Å². The summed E-state index contributed by atoms with van der Waals surface area (Å²) in [7, 11) is 0. The van der Waals surface area contributed by atoms with Gasteiger partial charge in [-0.05, 0) is 87.2 Å². The first-order valence-electron chi connectivity index (χ1n) is 19.9. The molecular weight excluding hydrogens is 707 g/mol. The number of hydrogen-bond acceptors (Lipinski definition) is 4. The van der Waals surface area contributed by atoms with E-state index in [0.717, 1.165) is 62.6 Å². The van der Waals surface area contributed by atoms with Crippen LogP contribution in [0.1, 0.15) is 29.0 Å². The molecule has 1 unspecified atom stereocenters. The normalized spacial score (nSPS) is 13.6. The summed E-state index contributed by atoms with van der Waals surface area (Å²) in [4.78, 5) is 14.8. The minimum absolute atomic E-state index is 0.342. The molecule has 4 heteroatoms. The van der Waals surface area contributed by atoms with Crippen LogP contribution < -0.4 is 0 Å². The van der Waals surface area contributed by atoms with Crippen LogP contribution in [0.5, 0.6) is 0 Å². The summed E-state index contributed by atoms with van der Waals surface area (Å²) in [6, 6.07) is 68.6. The molecule has 2 aromatic heterocycles. The summed E-state index contributed by atoms with van der Waals surface area (Å²) >= 11 is 0. The molecule has 0 saturated heterocycles. The molecule has 0 bridgehead atoms. The standard InChI is InChI=1S/C54H37N3O/c1-4-13-35(14-5-1)44-30-27-36-15-10-11-20-43(36)47-33-41(28-31-46(44)47)42-29-32-49-48(34-42)51-45(21-12-22-50(51)58-49)37-23-25-40(26-24-37)54-56-52(38-16-6-2-7-17-38)55-53(57-54)39-18-8-3-9-19-39/h1-26,28-29,31-34,44H,27,30H2. The lowest BCUT2D eigenvalue weighted by atomic mass is 9.84. The second-order valence-electron chi connectivity index (χ2n) is 15.1. The maximum absolute atomic E-state index is 6.50. The molecule has 0 N–H and O–H groups in total. The lowest BCUT2D eigenvalue weighted by molar-refractivity contribution is 0.669. The van der Waals surface area contributed by atoms with Crippen LogP contribution in [0.2, 0.25) is 0 Å². The summed E-state index contributed by atoms with van der Waals surface area (Å²) in [6.45, 7) is 0. The first-order valence-corrected chi connectivity index (χ1v) is 19.9. The zero-order valence-corrected chi connectivity index (χ0v) is 31.7. The van der Waals surface area contributed by atoms with E-state index in [1.807, 2.05) is 60.7 Å². The van der Waals surface area contributed by atoms with Gasteiger partial charge in [0.1, 0.15) is 11.2 Å². The Morgan fingerprint density at radius 3 is 1.66 bits per heavy atom. The lowest BCUT2D eigenvalue weighted by Gasteiger charge is -2.19. The van der Waals surface area contributed by atoms with Crippen molar-refractivity contribution in [3.8, 4) is 67.5 Å². The van der Waals surface area contributed by atoms with Crippen molar-refractivity contribution >= 4 is 21.9 Å². The van der Waals surface area contributed by atoms with Crippen LogP contribution in [0, 0.1) is 0 Å². The molecule has 1 aliphatic carbocycles. The van der Waals surface area contributed by atoms with Crippen molar-refractivity contribution < 1.29 is 4.42 Å². The Balaban J connectivity index is 0.992. The zero-order valence-electron chi connectivity index (χ0n) is 31.7. The molecule has 1 aliphatic rings. The zero-order chi connectivity index (χ0) is 38.4. The van der Waals surface area contributed by atoms with Crippen LogP contribution >= 0.6 is 0 Å². The van der Waals surface area contributed by atoms with E-state index in [1.54, 1.807) is 0 Å². The van der Waals surface area contributed by atoms with Crippen LogP contribution in [0.4, 0.5) is 0 Å². The molecule has 1 atom stereocenters. The number of furan rings is 1. The Hall–Kier alpha value is -7.43. The van der Waals surface area contributed by atoms with Gasteiger partial charge in [-0.3, -0.25) is 0 Å². The monoisotopic (exact) mass is 743 g/mol. The fraction of sp³-hybridized carbons (Fsp3) is 0.0556.